The van der Waals surface area contributed by atoms with E-state index in [4.69, 9.17) is 16.7 Å². The molecule has 0 aliphatic carbocycles. The Bertz CT molecular complexity index is 535. The highest BCUT2D eigenvalue weighted by atomic mass is 35.5. The van der Waals surface area contributed by atoms with Gasteiger partial charge in [0, 0.05) is 19.0 Å². The number of benzene rings is 1. The van der Waals surface area contributed by atoms with Gasteiger partial charge in [-0.1, -0.05) is 0 Å². The molecular weight excluding hydrogens is 268 g/mol. The Morgan fingerprint density at radius 2 is 2.06 bits per heavy atom. The lowest BCUT2D eigenvalue weighted by atomic mass is 10.1. The number of halogens is 3. The number of amides is 1. The highest BCUT2D eigenvalue weighted by Gasteiger charge is 2.31. The molecule has 18 heavy (non-hydrogen) atoms. The van der Waals surface area contributed by atoms with Crippen LogP contribution in [-0.4, -0.2) is 28.9 Å². The van der Waals surface area contributed by atoms with E-state index in [1.165, 1.54) is 0 Å². The fourth-order valence-corrected chi connectivity index (χ4v) is 2.08. The van der Waals surface area contributed by atoms with Crippen LogP contribution in [0.25, 0.3) is 0 Å². The van der Waals surface area contributed by atoms with E-state index in [0.717, 1.165) is 11.0 Å². The van der Waals surface area contributed by atoms with Gasteiger partial charge in [0.2, 0.25) is 5.91 Å². The molecule has 4 nitrogen and oxygen atoms in total. The Morgan fingerprint density at radius 1 is 1.39 bits per heavy atom. The standard InChI is InChI=1S/C11H8ClF2NO3/c12-5-1-10(16)15(4-5)9-2-6(11(17)18)7(13)3-8(9)14/h2-3,5H,1,4H2,(H,17,18). The van der Waals surface area contributed by atoms with Crippen molar-refractivity contribution in [1.29, 1.82) is 0 Å². The summed E-state index contributed by atoms with van der Waals surface area (Å²) < 4.78 is 26.8. The molecule has 0 aromatic heterocycles. The molecule has 1 N–H and O–H groups in total. The van der Waals surface area contributed by atoms with Gasteiger partial charge in [0.15, 0.2) is 0 Å². The van der Waals surface area contributed by atoms with Crippen molar-refractivity contribution in [3.8, 4) is 0 Å². The van der Waals surface area contributed by atoms with Crippen LogP contribution in [0.2, 0.25) is 0 Å². The largest absolute Gasteiger partial charge is 0.478 e. The van der Waals surface area contributed by atoms with Crippen LogP contribution in [0.4, 0.5) is 14.5 Å². The van der Waals surface area contributed by atoms with Gasteiger partial charge in [-0.25, -0.2) is 13.6 Å². The van der Waals surface area contributed by atoms with E-state index in [2.05, 4.69) is 0 Å². The van der Waals surface area contributed by atoms with Crippen LogP contribution >= 0.6 is 11.6 Å². The quantitative estimate of drug-likeness (QED) is 0.840. The molecule has 1 unspecified atom stereocenters. The molecule has 1 fully saturated rings. The van der Waals surface area contributed by atoms with Crippen LogP contribution in [0.1, 0.15) is 16.8 Å². The Balaban J connectivity index is 2.48. The average Bonchev–Trinajstić information content (AvgIpc) is 2.57. The minimum absolute atomic E-state index is 0.0424. The summed E-state index contributed by atoms with van der Waals surface area (Å²) in [4.78, 5) is 23.3. The number of carbonyl (C=O) groups excluding carboxylic acids is 1. The summed E-state index contributed by atoms with van der Waals surface area (Å²) in [6, 6.07) is 1.26. The highest BCUT2D eigenvalue weighted by Crippen LogP contribution is 2.28. The van der Waals surface area contributed by atoms with E-state index >= 15 is 0 Å². The molecule has 1 amide bonds. The molecule has 1 heterocycles. The van der Waals surface area contributed by atoms with Gasteiger partial charge < -0.3 is 10.0 Å². The summed E-state index contributed by atoms with van der Waals surface area (Å²) >= 11 is 5.76. The van der Waals surface area contributed by atoms with Crippen molar-refractivity contribution < 1.29 is 23.5 Å². The van der Waals surface area contributed by atoms with Crippen LogP contribution in [0.3, 0.4) is 0 Å². The maximum Gasteiger partial charge on any atom is 0.338 e. The number of aromatic carboxylic acids is 1. The lowest BCUT2D eigenvalue weighted by Gasteiger charge is -2.17. The lowest BCUT2D eigenvalue weighted by Crippen LogP contribution is -2.26. The predicted molar refractivity (Wildman–Crippen MR) is 59.9 cm³/mol. The molecular formula is C11H8ClF2NO3. The van der Waals surface area contributed by atoms with Crippen LogP contribution in [0.5, 0.6) is 0 Å². The second-order valence-corrected chi connectivity index (χ2v) is 4.51. The monoisotopic (exact) mass is 275 g/mol. The molecule has 1 aromatic carbocycles. The number of hydrogen-bond donors (Lipinski definition) is 1. The zero-order valence-corrected chi connectivity index (χ0v) is 9.75. The lowest BCUT2D eigenvalue weighted by molar-refractivity contribution is -0.117. The number of carbonyl (C=O) groups is 2. The van der Waals surface area contributed by atoms with Crippen molar-refractivity contribution in [3.63, 3.8) is 0 Å². The maximum absolute atomic E-state index is 13.6. The molecule has 1 aliphatic rings. The zero-order valence-electron chi connectivity index (χ0n) is 8.99. The third kappa shape index (κ3) is 2.15. The normalized spacial score (nSPS) is 19.4. The Hall–Kier alpha value is -1.69. The number of hydrogen-bond acceptors (Lipinski definition) is 2. The first kappa shape index (κ1) is 12.8. The summed E-state index contributed by atoms with van der Waals surface area (Å²) in [5.41, 5.74) is -0.945. The molecule has 0 saturated carbocycles. The van der Waals surface area contributed by atoms with Gasteiger partial charge in [-0.2, -0.15) is 0 Å². The second kappa shape index (κ2) is 4.53. The molecule has 1 aromatic rings. The van der Waals surface area contributed by atoms with E-state index in [1.807, 2.05) is 0 Å². The van der Waals surface area contributed by atoms with Crippen molar-refractivity contribution in [3.05, 3.63) is 29.3 Å². The first-order chi connectivity index (χ1) is 8.40. The van der Waals surface area contributed by atoms with Crippen molar-refractivity contribution in [2.24, 2.45) is 0 Å². The Kier molecular flexibility index (Phi) is 3.21. The van der Waals surface area contributed by atoms with Crippen LogP contribution in [-0.2, 0) is 4.79 Å². The Morgan fingerprint density at radius 3 is 2.56 bits per heavy atom. The molecule has 1 saturated heterocycles. The van der Waals surface area contributed by atoms with Gasteiger partial charge in [0.25, 0.3) is 0 Å². The highest BCUT2D eigenvalue weighted by molar-refractivity contribution is 6.24. The summed E-state index contributed by atoms with van der Waals surface area (Å²) in [5, 5.41) is 8.29. The number of carboxylic acids is 1. The van der Waals surface area contributed by atoms with Gasteiger partial charge >= 0.3 is 5.97 Å². The summed E-state index contributed by atoms with van der Waals surface area (Å²) in [5.74, 6) is -4.12. The number of anilines is 1. The summed E-state index contributed by atoms with van der Waals surface area (Å²) in [6.45, 7) is 0.0714. The van der Waals surface area contributed by atoms with E-state index in [9.17, 15) is 18.4 Å². The fraction of sp³-hybridized carbons (Fsp3) is 0.273. The van der Waals surface area contributed by atoms with Crippen LogP contribution in [0.15, 0.2) is 12.1 Å². The molecule has 1 aliphatic heterocycles. The van der Waals surface area contributed by atoms with Gasteiger partial charge in [-0.05, 0) is 6.07 Å². The fourth-order valence-electron chi connectivity index (χ4n) is 1.81. The summed E-state index contributed by atoms with van der Waals surface area (Å²) in [7, 11) is 0. The molecule has 0 radical (unpaired) electrons. The maximum atomic E-state index is 13.6. The SMILES string of the molecule is O=C(O)c1cc(N2CC(Cl)CC2=O)c(F)cc1F. The van der Waals surface area contributed by atoms with Crippen molar-refractivity contribution in [1.82, 2.24) is 0 Å². The van der Waals surface area contributed by atoms with Crippen LogP contribution < -0.4 is 4.90 Å². The number of alkyl halides is 1. The molecule has 0 spiro atoms. The zero-order chi connectivity index (χ0) is 13.4. The average molecular weight is 276 g/mol. The van der Waals surface area contributed by atoms with Crippen molar-refractivity contribution in [2.75, 3.05) is 11.4 Å². The third-order valence-electron chi connectivity index (χ3n) is 2.64. The number of rotatable bonds is 2. The first-order valence-corrected chi connectivity index (χ1v) is 5.50. The minimum atomic E-state index is -1.53. The van der Waals surface area contributed by atoms with Gasteiger partial charge in [-0.15, -0.1) is 11.6 Å². The van der Waals surface area contributed by atoms with Crippen LogP contribution in [0, 0.1) is 11.6 Å². The molecule has 2 rings (SSSR count). The first-order valence-electron chi connectivity index (χ1n) is 5.07. The van der Waals surface area contributed by atoms with E-state index < -0.39 is 34.5 Å². The molecule has 0 bridgehead atoms. The topological polar surface area (TPSA) is 57.6 Å². The van der Waals surface area contributed by atoms with E-state index in [-0.39, 0.29) is 18.7 Å². The molecule has 96 valence electrons. The van der Waals surface area contributed by atoms with E-state index in [0.29, 0.717) is 6.07 Å². The number of nitrogens with zero attached hydrogens (tertiary/aromatic N) is 1. The van der Waals surface area contributed by atoms with Crippen molar-refractivity contribution in [2.45, 2.75) is 11.8 Å². The Labute approximate surface area is 106 Å². The summed E-state index contributed by atoms with van der Waals surface area (Å²) in [6.07, 6.45) is 0.0424. The van der Waals surface area contributed by atoms with Gasteiger partial charge in [-0.3, -0.25) is 4.79 Å². The second-order valence-electron chi connectivity index (χ2n) is 3.89. The third-order valence-corrected chi connectivity index (χ3v) is 2.93. The smallest absolute Gasteiger partial charge is 0.338 e. The molecule has 7 heteroatoms. The molecule has 1 atom stereocenters. The van der Waals surface area contributed by atoms with Gasteiger partial charge in [0.1, 0.15) is 11.6 Å². The minimum Gasteiger partial charge on any atom is -0.478 e. The van der Waals surface area contributed by atoms with E-state index in [1.54, 1.807) is 0 Å². The van der Waals surface area contributed by atoms with Gasteiger partial charge in [0.05, 0.1) is 16.6 Å². The van der Waals surface area contributed by atoms with Crippen molar-refractivity contribution >= 4 is 29.2 Å². The predicted octanol–water partition coefficient (Wildman–Crippen LogP) is 2.01. The number of carboxylic acid groups (broad SMARTS) is 1.